The second-order valence-corrected chi connectivity index (χ2v) is 19.3. The van der Waals surface area contributed by atoms with Crippen LogP contribution in [0.4, 0.5) is 0 Å². The number of rotatable bonds is 3. The number of halogens is 2. The van der Waals surface area contributed by atoms with Crippen molar-refractivity contribution >= 4 is 25.1 Å². The van der Waals surface area contributed by atoms with Crippen LogP contribution in [-0.2, 0) is 20.8 Å². The topological polar surface area (TPSA) is 0 Å². The molecule has 33 heavy (non-hydrogen) atoms. The fourth-order valence-electron chi connectivity index (χ4n) is 7.30. The van der Waals surface area contributed by atoms with Gasteiger partial charge < -0.3 is 14.9 Å². The normalized spacial score (nSPS) is 35.3. The first-order valence-corrected chi connectivity index (χ1v) is 21.2. The Balaban J connectivity index is 0.000000733. The molecule has 4 aliphatic carbocycles. The van der Waals surface area contributed by atoms with Gasteiger partial charge in [0.05, 0.1) is 8.07 Å². The molecule has 0 radical (unpaired) electrons. The third-order valence-corrected chi connectivity index (χ3v) is 13.8. The monoisotopic (exact) mass is 576 g/mol. The molecule has 8 unspecified atom stereocenters. The van der Waals surface area contributed by atoms with Gasteiger partial charge in [-0.1, -0.05) is 99.0 Å². The molecule has 0 heterocycles. The first-order valence-electron chi connectivity index (χ1n) is 11.7. The molecule has 0 nitrogen and oxygen atoms in total. The first kappa shape index (κ1) is 29.1. The minimum atomic E-state index is -1.47. The predicted molar refractivity (Wildman–Crippen MR) is 148 cm³/mol. The van der Waals surface area contributed by atoms with Gasteiger partial charge in [-0.15, -0.1) is 0 Å². The predicted octanol–water partition coefficient (Wildman–Crippen LogP) is 9.66. The number of benzene rings is 1. The van der Waals surface area contributed by atoms with Crippen LogP contribution in [0.3, 0.4) is 0 Å². The van der Waals surface area contributed by atoms with Crippen LogP contribution in [0.25, 0.3) is 0 Å². The number of fused-ring (bicyclic) bond motifs is 2. The van der Waals surface area contributed by atoms with Crippen LogP contribution in [0.2, 0.25) is 24.2 Å². The van der Waals surface area contributed by atoms with Gasteiger partial charge in [-0.2, -0.15) is 0 Å². The zero-order chi connectivity index (χ0) is 22.0. The van der Waals surface area contributed by atoms with Crippen molar-refractivity contribution in [2.24, 2.45) is 29.6 Å². The van der Waals surface area contributed by atoms with Crippen molar-refractivity contribution in [3.8, 4) is 0 Å². The third-order valence-electron chi connectivity index (χ3n) is 8.74. The molecular formula is C29H40Cl2SiZr. The molecule has 2 saturated carbocycles. The van der Waals surface area contributed by atoms with Crippen LogP contribution in [-0.4, -0.2) is 8.07 Å². The van der Waals surface area contributed by atoms with Crippen molar-refractivity contribution in [3.63, 3.8) is 0 Å². The molecule has 0 amide bonds. The Hall–Kier alpha value is -0.140. The second-order valence-electron chi connectivity index (χ2n) is 10.4. The van der Waals surface area contributed by atoms with Crippen LogP contribution >= 0.6 is 17.0 Å². The SMILES string of the molecule is CC1CC([Si](C)(C)C2CC3C=CC=CC3C2c2ccccc2)C2C=CC=CC12.[CH3-].[CH3-].[Cl][Zr+2][Cl]. The molecule has 1 aromatic rings. The number of allylic oxidation sites excluding steroid dienone is 8. The van der Waals surface area contributed by atoms with Crippen molar-refractivity contribution in [3.05, 3.63) is 99.4 Å². The fourth-order valence-corrected chi connectivity index (χ4v) is 12.4. The van der Waals surface area contributed by atoms with Crippen LogP contribution < -0.4 is 0 Å². The zero-order valence-corrected chi connectivity index (χ0v) is 25.8. The van der Waals surface area contributed by atoms with Gasteiger partial charge in [0.15, 0.2) is 0 Å². The number of hydrogen-bond donors (Lipinski definition) is 0. The van der Waals surface area contributed by atoms with Gasteiger partial charge in [-0.25, -0.2) is 0 Å². The minimum absolute atomic E-state index is 0. The van der Waals surface area contributed by atoms with Crippen molar-refractivity contribution in [1.82, 2.24) is 0 Å². The maximum absolute atomic E-state index is 4.93. The van der Waals surface area contributed by atoms with E-state index in [1.54, 1.807) is 5.56 Å². The van der Waals surface area contributed by atoms with Crippen LogP contribution in [0.15, 0.2) is 78.9 Å². The Morgan fingerprint density at radius 2 is 1.30 bits per heavy atom. The van der Waals surface area contributed by atoms with Gasteiger partial charge in [0.2, 0.25) is 0 Å². The van der Waals surface area contributed by atoms with E-state index in [2.05, 4.69) is 99.0 Å². The number of hydrogen-bond acceptors (Lipinski definition) is 0. The third kappa shape index (κ3) is 5.82. The Kier molecular flexibility index (Phi) is 11.2. The standard InChI is InChI=1S/C27H34Si.2CH3.2ClH.Zr/c1-19-17-25(24-16-10-9-14-22(19)24)28(2,3)26-18-21-13-7-8-15-23(21)27(26)20-11-5-4-6-12-20;;;;;/h4-16,19,21-27H,17-18H2,1-3H3;2*1H3;2*1H;/q;2*-1;;;+4/p-2. The summed E-state index contributed by atoms with van der Waals surface area (Å²) in [5.74, 6) is 4.53. The van der Waals surface area contributed by atoms with E-state index in [1.807, 2.05) is 0 Å². The molecular weight excluding hydrogens is 539 g/mol. The molecule has 4 aliphatic rings. The Morgan fingerprint density at radius 1 is 0.758 bits per heavy atom. The summed E-state index contributed by atoms with van der Waals surface area (Å²) >= 11 is -0.826. The Morgan fingerprint density at radius 3 is 1.94 bits per heavy atom. The van der Waals surface area contributed by atoms with E-state index in [4.69, 9.17) is 17.0 Å². The van der Waals surface area contributed by atoms with Gasteiger partial charge in [0, 0.05) is 0 Å². The van der Waals surface area contributed by atoms with E-state index in [0.717, 1.165) is 34.8 Å². The van der Waals surface area contributed by atoms with E-state index >= 15 is 0 Å². The van der Waals surface area contributed by atoms with Crippen molar-refractivity contribution in [2.75, 3.05) is 0 Å². The van der Waals surface area contributed by atoms with Crippen LogP contribution in [0.1, 0.15) is 31.2 Å². The molecule has 0 N–H and O–H groups in total. The molecule has 0 spiro atoms. The Bertz CT molecular complexity index is 860. The molecule has 178 valence electrons. The summed E-state index contributed by atoms with van der Waals surface area (Å²) in [6.07, 6.45) is 22.1. The van der Waals surface area contributed by atoms with Crippen molar-refractivity contribution < 1.29 is 20.8 Å². The van der Waals surface area contributed by atoms with E-state index in [9.17, 15) is 0 Å². The molecule has 8 atom stereocenters. The summed E-state index contributed by atoms with van der Waals surface area (Å²) in [5.41, 5.74) is 3.37. The van der Waals surface area contributed by atoms with Gasteiger partial charge in [0.25, 0.3) is 0 Å². The van der Waals surface area contributed by atoms with Gasteiger partial charge in [0.1, 0.15) is 0 Å². The average Bonchev–Trinajstić information content (AvgIpc) is 3.34. The van der Waals surface area contributed by atoms with E-state index in [1.165, 1.54) is 12.8 Å². The van der Waals surface area contributed by atoms with Crippen molar-refractivity contribution in [2.45, 2.75) is 49.9 Å². The molecule has 0 bridgehead atoms. The molecule has 5 rings (SSSR count). The molecule has 4 heteroatoms. The molecule has 2 fully saturated rings. The molecule has 1 aromatic carbocycles. The van der Waals surface area contributed by atoms with Crippen LogP contribution in [0.5, 0.6) is 0 Å². The van der Waals surface area contributed by atoms with Gasteiger partial charge in [-0.05, 0) is 65.0 Å². The zero-order valence-electron chi connectivity index (χ0n) is 20.8. The van der Waals surface area contributed by atoms with Gasteiger partial charge in [-0.3, -0.25) is 0 Å². The summed E-state index contributed by atoms with van der Waals surface area (Å²) in [6, 6.07) is 11.5. The van der Waals surface area contributed by atoms with E-state index < -0.39 is 28.9 Å². The summed E-state index contributed by atoms with van der Waals surface area (Å²) < 4.78 is 0. The average molecular weight is 579 g/mol. The summed E-state index contributed by atoms with van der Waals surface area (Å²) in [5, 5.41) is 0. The van der Waals surface area contributed by atoms with Crippen molar-refractivity contribution in [1.29, 1.82) is 0 Å². The second kappa shape index (κ2) is 12.7. The Labute approximate surface area is 223 Å². The van der Waals surface area contributed by atoms with Crippen LogP contribution in [0, 0.1) is 44.4 Å². The molecule has 0 aliphatic heterocycles. The summed E-state index contributed by atoms with van der Waals surface area (Å²) in [4.78, 5) is 0. The summed E-state index contributed by atoms with van der Waals surface area (Å²) in [6.45, 7) is 7.98. The molecule has 0 saturated heterocycles. The first-order chi connectivity index (χ1) is 15.0. The maximum atomic E-state index is 4.93. The van der Waals surface area contributed by atoms with Gasteiger partial charge >= 0.3 is 37.9 Å². The van der Waals surface area contributed by atoms with E-state index in [0.29, 0.717) is 11.8 Å². The quantitative estimate of drug-likeness (QED) is 0.247. The van der Waals surface area contributed by atoms with E-state index in [-0.39, 0.29) is 14.9 Å². The summed E-state index contributed by atoms with van der Waals surface area (Å²) in [7, 11) is 8.39. The fraction of sp³-hybridized carbons (Fsp3) is 0.448. The molecule has 0 aromatic heterocycles.